The normalized spacial score (nSPS) is 23.3. The van der Waals surface area contributed by atoms with E-state index >= 15 is 0 Å². The van der Waals surface area contributed by atoms with E-state index < -0.39 is 0 Å². The van der Waals surface area contributed by atoms with Crippen LogP contribution in [0.4, 0.5) is 5.82 Å². The third-order valence-corrected chi connectivity index (χ3v) is 3.54. The Balaban J connectivity index is 1.68. The number of nitrogens with one attached hydrogen (secondary N) is 1. The van der Waals surface area contributed by atoms with E-state index in [0.717, 1.165) is 49.4 Å². The molecule has 19 heavy (non-hydrogen) atoms. The molecule has 106 valence electrons. The van der Waals surface area contributed by atoms with E-state index in [1.54, 1.807) is 6.20 Å². The van der Waals surface area contributed by atoms with E-state index in [1.807, 2.05) is 13.8 Å². The van der Waals surface area contributed by atoms with Crippen molar-refractivity contribution in [3.8, 4) is 0 Å². The maximum absolute atomic E-state index is 5.88. The Labute approximate surface area is 115 Å². The van der Waals surface area contributed by atoms with Crippen molar-refractivity contribution in [1.29, 1.82) is 0 Å². The van der Waals surface area contributed by atoms with E-state index in [-0.39, 0.29) is 0 Å². The fourth-order valence-corrected chi connectivity index (χ4v) is 2.36. The SMILES string of the molecule is Cc1cnc(C)c(NCCOC2CCC(N)CC2)n1. The molecule has 0 amide bonds. The van der Waals surface area contributed by atoms with Gasteiger partial charge in [0, 0.05) is 18.8 Å². The fourth-order valence-electron chi connectivity index (χ4n) is 2.36. The summed E-state index contributed by atoms with van der Waals surface area (Å²) >= 11 is 0. The molecular weight excluding hydrogens is 240 g/mol. The first-order valence-corrected chi connectivity index (χ1v) is 7.06. The van der Waals surface area contributed by atoms with Gasteiger partial charge in [-0.3, -0.25) is 4.98 Å². The number of nitrogens with zero attached hydrogens (tertiary/aromatic N) is 2. The lowest BCUT2D eigenvalue weighted by Gasteiger charge is -2.26. The summed E-state index contributed by atoms with van der Waals surface area (Å²) in [6.45, 7) is 5.37. The molecule has 3 N–H and O–H groups in total. The van der Waals surface area contributed by atoms with Crippen molar-refractivity contribution in [2.24, 2.45) is 5.73 Å². The summed E-state index contributed by atoms with van der Waals surface area (Å²) in [6.07, 6.45) is 6.50. The molecule has 0 spiro atoms. The van der Waals surface area contributed by atoms with E-state index in [9.17, 15) is 0 Å². The number of ether oxygens (including phenoxy) is 1. The molecule has 1 aromatic heterocycles. The zero-order chi connectivity index (χ0) is 13.7. The van der Waals surface area contributed by atoms with Crippen LogP contribution in [0.3, 0.4) is 0 Å². The molecular formula is C14H24N4O. The van der Waals surface area contributed by atoms with Crippen molar-refractivity contribution in [2.45, 2.75) is 51.7 Å². The Kier molecular flexibility index (Phi) is 5.10. The number of hydrogen-bond acceptors (Lipinski definition) is 5. The van der Waals surface area contributed by atoms with E-state index in [0.29, 0.717) is 18.8 Å². The van der Waals surface area contributed by atoms with E-state index in [4.69, 9.17) is 10.5 Å². The van der Waals surface area contributed by atoms with Gasteiger partial charge in [0.15, 0.2) is 0 Å². The highest BCUT2D eigenvalue weighted by atomic mass is 16.5. The minimum Gasteiger partial charge on any atom is -0.376 e. The number of aromatic nitrogens is 2. The molecule has 1 aliphatic carbocycles. The van der Waals surface area contributed by atoms with Crippen LogP contribution in [0.15, 0.2) is 6.20 Å². The first-order valence-electron chi connectivity index (χ1n) is 7.06. The number of nitrogens with two attached hydrogens (primary N) is 1. The van der Waals surface area contributed by atoms with Crippen LogP contribution in [0.25, 0.3) is 0 Å². The van der Waals surface area contributed by atoms with Crippen molar-refractivity contribution in [3.05, 3.63) is 17.6 Å². The van der Waals surface area contributed by atoms with Crippen LogP contribution in [0, 0.1) is 13.8 Å². The number of hydrogen-bond donors (Lipinski definition) is 2. The second kappa shape index (κ2) is 6.82. The van der Waals surface area contributed by atoms with Gasteiger partial charge in [0.05, 0.1) is 24.1 Å². The van der Waals surface area contributed by atoms with Crippen molar-refractivity contribution >= 4 is 5.82 Å². The van der Waals surface area contributed by atoms with Crippen LogP contribution in [0.1, 0.15) is 37.1 Å². The highest BCUT2D eigenvalue weighted by Gasteiger charge is 2.18. The van der Waals surface area contributed by atoms with Crippen LogP contribution < -0.4 is 11.1 Å². The zero-order valence-corrected chi connectivity index (χ0v) is 11.9. The number of rotatable bonds is 5. The molecule has 0 aromatic carbocycles. The van der Waals surface area contributed by atoms with Gasteiger partial charge in [-0.05, 0) is 39.5 Å². The van der Waals surface area contributed by atoms with Gasteiger partial charge in [-0.2, -0.15) is 0 Å². The van der Waals surface area contributed by atoms with Gasteiger partial charge in [0.1, 0.15) is 5.82 Å². The van der Waals surface area contributed by atoms with Crippen LogP contribution >= 0.6 is 0 Å². The Morgan fingerprint density at radius 2 is 2.05 bits per heavy atom. The molecule has 2 rings (SSSR count). The van der Waals surface area contributed by atoms with Crippen LogP contribution in [-0.2, 0) is 4.74 Å². The predicted octanol–water partition coefficient (Wildman–Crippen LogP) is 1.79. The third-order valence-electron chi connectivity index (χ3n) is 3.54. The Hall–Kier alpha value is -1.20. The molecule has 0 bridgehead atoms. The molecule has 1 saturated carbocycles. The third kappa shape index (κ3) is 4.44. The highest BCUT2D eigenvalue weighted by molar-refractivity contribution is 5.39. The second-order valence-corrected chi connectivity index (χ2v) is 5.28. The maximum Gasteiger partial charge on any atom is 0.147 e. The zero-order valence-electron chi connectivity index (χ0n) is 11.9. The summed E-state index contributed by atoms with van der Waals surface area (Å²) in [5.74, 6) is 0.856. The molecule has 5 nitrogen and oxygen atoms in total. The fraction of sp³-hybridized carbons (Fsp3) is 0.714. The molecule has 0 unspecified atom stereocenters. The highest BCUT2D eigenvalue weighted by Crippen LogP contribution is 2.19. The molecule has 1 heterocycles. The molecule has 1 aliphatic rings. The van der Waals surface area contributed by atoms with Gasteiger partial charge in [0.2, 0.25) is 0 Å². The quantitative estimate of drug-likeness (QED) is 0.793. The average molecular weight is 264 g/mol. The molecule has 5 heteroatoms. The van der Waals surface area contributed by atoms with Crippen molar-refractivity contribution < 1.29 is 4.74 Å². The molecule has 0 atom stereocenters. The standard InChI is InChI=1S/C14H24N4O/c1-10-9-17-11(2)14(18-10)16-7-8-19-13-5-3-12(15)4-6-13/h9,12-13H,3-8,15H2,1-2H3,(H,16,18). The summed E-state index contributed by atoms with van der Waals surface area (Å²) in [5.41, 5.74) is 7.73. The second-order valence-electron chi connectivity index (χ2n) is 5.28. The van der Waals surface area contributed by atoms with Gasteiger partial charge < -0.3 is 15.8 Å². The monoisotopic (exact) mass is 264 g/mol. The topological polar surface area (TPSA) is 73.1 Å². The first kappa shape index (κ1) is 14.2. The summed E-state index contributed by atoms with van der Waals surface area (Å²) in [5, 5.41) is 3.28. The molecule has 1 fully saturated rings. The van der Waals surface area contributed by atoms with Gasteiger partial charge in [0.25, 0.3) is 0 Å². The van der Waals surface area contributed by atoms with Crippen LogP contribution in [-0.4, -0.2) is 35.3 Å². The van der Waals surface area contributed by atoms with Crippen molar-refractivity contribution in [1.82, 2.24) is 9.97 Å². The number of aryl methyl sites for hydroxylation is 2. The Morgan fingerprint density at radius 3 is 2.79 bits per heavy atom. The summed E-state index contributed by atoms with van der Waals surface area (Å²) < 4.78 is 5.86. The Bertz CT molecular complexity index is 402. The lowest BCUT2D eigenvalue weighted by atomic mass is 9.94. The minimum absolute atomic E-state index is 0.378. The van der Waals surface area contributed by atoms with E-state index in [1.165, 1.54) is 0 Å². The van der Waals surface area contributed by atoms with Crippen molar-refractivity contribution in [2.75, 3.05) is 18.5 Å². The smallest absolute Gasteiger partial charge is 0.147 e. The molecule has 0 radical (unpaired) electrons. The molecule has 0 aliphatic heterocycles. The molecule has 1 aromatic rings. The maximum atomic E-state index is 5.88. The largest absolute Gasteiger partial charge is 0.376 e. The molecule has 0 saturated heterocycles. The van der Waals surface area contributed by atoms with Crippen LogP contribution in [0.5, 0.6) is 0 Å². The lowest BCUT2D eigenvalue weighted by Crippen LogP contribution is -2.31. The first-order chi connectivity index (χ1) is 9.15. The van der Waals surface area contributed by atoms with Gasteiger partial charge in [-0.25, -0.2) is 4.98 Å². The van der Waals surface area contributed by atoms with Gasteiger partial charge in [-0.15, -0.1) is 0 Å². The summed E-state index contributed by atoms with van der Waals surface area (Å²) in [6, 6.07) is 0.378. The summed E-state index contributed by atoms with van der Waals surface area (Å²) in [7, 11) is 0. The van der Waals surface area contributed by atoms with Crippen LogP contribution in [0.2, 0.25) is 0 Å². The van der Waals surface area contributed by atoms with Gasteiger partial charge >= 0.3 is 0 Å². The lowest BCUT2D eigenvalue weighted by molar-refractivity contribution is 0.0313. The predicted molar refractivity (Wildman–Crippen MR) is 76.2 cm³/mol. The van der Waals surface area contributed by atoms with E-state index in [2.05, 4.69) is 15.3 Å². The summed E-state index contributed by atoms with van der Waals surface area (Å²) in [4.78, 5) is 8.70. The van der Waals surface area contributed by atoms with Crippen molar-refractivity contribution in [3.63, 3.8) is 0 Å². The average Bonchev–Trinajstić information content (AvgIpc) is 2.40. The number of anilines is 1. The van der Waals surface area contributed by atoms with Gasteiger partial charge in [-0.1, -0.05) is 0 Å². The Morgan fingerprint density at radius 1 is 1.32 bits per heavy atom. The minimum atomic E-state index is 0.378.